The van der Waals surface area contributed by atoms with E-state index in [1.54, 1.807) is 0 Å². The summed E-state index contributed by atoms with van der Waals surface area (Å²) >= 11 is 5.89. The van der Waals surface area contributed by atoms with Crippen molar-refractivity contribution in [3.05, 3.63) is 58.6 Å². The molecule has 2 aromatic carbocycles. The lowest BCUT2D eigenvalue weighted by Gasteiger charge is -2.28. The van der Waals surface area contributed by atoms with E-state index in [1.165, 1.54) is 5.56 Å². The van der Waals surface area contributed by atoms with Crippen LogP contribution in [0.1, 0.15) is 37.8 Å². The largest absolute Gasteiger partial charge is 0.486 e. The van der Waals surface area contributed by atoms with E-state index in [1.807, 2.05) is 56.3 Å². The molecule has 26 heavy (non-hydrogen) atoms. The van der Waals surface area contributed by atoms with E-state index in [9.17, 15) is 4.79 Å². The van der Waals surface area contributed by atoms with Gasteiger partial charge in [-0.3, -0.25) is 4.79 Å². The number of fused-ring (bicyclic) bond motifs is 1. The normalized spacial score (nSPS) is 13.3. The highest BCUT2D eigenvalue weighted by Crippen LogP contribution is 2.34. The fourth-order valence-corrected chi connectivity index (χ4v) is 3.15. The molecule has 0 bridgehead atoms. The second kappa shape index (κ2) is 8.00. The fourth-order valence-electron chi connectivity index (χ4n) is 3.02. The summed E-state index contributed by atoms with van der Waals surface area (Å²) < 4.78 is 11.2. The van der Waals surface area contributed by atoms with Gasteiger partial charge >= 0.3 is 0 Å². The monoisotopic (exact) mass is 373 g/mol. The third-order valence-electron chi connectivity index (χ3n) is 4.50. The Balaban J connectivity index is 1.54. The number of hydrogen-bond donors (Lipinski definition) is 1. The zero-order chi connectivity index (χ0) is 18.6. The molecule has 138 valence electrons. The van der Waals surface area contributed by atoms with Crippen molar-refractivity contribution in [2.45, 2.75) is 38.6 Å². The van der Waals surface area contributed by atoms with Gasteiger partial charge in [0, 0.05) is 11.4 Å². The molecule has 1 N–H and O–H groups in total. The van der Waals surface area contributed by atoms with Gasteiger partial charge in [-0.15, -0.1) is 0 Å². The smallest absolute Gasteiger partial charge is 0.220 e. The maximum atomic E-state index is 12.4. The minimum Gasteiger partial charge on any atom is -0.486 e. The minimum atomic E-state index is -0.479. The molecule has 1 aliphatic heterocycles. The Labute approximate surface area is 159 Å². The number of hydrogen-bond acceptors (Lipinski definition) is 3. The van der Waals surface area contributed by atoms with Gasteiger partial charge in [-0.1, -0.05) is 29.8 Å². The van der Waals surface area contributed by atoms with E-state index in [0.29, 0.717) is 19.6 Å². The average molecular weight is 374 g/mol. The lowest BCUT2D eigenvalue weighted by molar-refractivity contribution is -0.122. The molecule has 1 aliphatic rings. The standard InChI is InChI=1S/C21H24ClNO3/c1-21(2,16-8-11-18-19(14-16)26-13-12-25-18)23-20(24)5-3-4-15-6-9-17(22)10-7-15/h6-11,14H,3-5,12-13H2,1-2H3,(H,23,24). The van der Waals surface area contributed by atoms with Gasteiger partial charge in [0.25, 0.3) is 0 Å². The van der Waals surface area contributed by atoms with Crippen LogP contribution in [-0.4, -0.2) is 19.1 Å². The summed E-state index contributed by atoms with van der Waals surface area (Å²) in [7, 11) is 0. The van der Waals surface area contributed by atoms with Crippen LogP contribution in [0.2, 0.25) is 5.02 Å². The minimum absolute atomic E-state index is 0.0406. The Kier molecular flexibility index (Phi) is 5.72. The van der Waals surface area contributed by atoms with Crippen LogP contribution in [0.15, 0.2) is 42.5 Å². The van der Waals surface area contributed by atoms with Gasteiger partial charge in [-0.05, 0) is 62.1 Å². The topological polar surface area (TPSA) is 47.6 Å². The van der Waals surface area contributed by atoms with Gasteiger partial charge in [0.05, 0.1) is 5.54 Å². The van der Waals surface area contributed by atoms with Crippen molar-refractivity contribution in [1.82, 2.24) is 5.32 Å². The summed E-state index contributed by atoms with van der Waals surface area (Å²) in [6.07, 6.45) is 2.14. The number of benzene rings is 2. The molecule has 3 rings (SSSR count). The molecule has 4 nitrogen and oxygen atoms in total. The van der Waals surface area contributed by atoms with Crippen molar-refractivity contribution in [3.63, 3.8) is 0 Å². The Morgan fingerprint density at radius 1 is 1.08 bits per heavy atom. The molecule has 1 heterocycles. The predicted molar refractivity (Wildman–Crippen MR) is 103 cm³/mol. The summed E-state index contributed by atoms with van der Waals surface area (Å²) in [5, 5.41) is 3.85. The molecule has 0 unspecified atom stereocenters. The molecule has 0 saturated heterocycles. The fraction of sp³-hybridized carbons (Fsp3) is 0.381. The Hall–Kier alpha value is -2.20. The Morgan fingerprint density at radius 3 is 2.50 bits per heavy atom. The van der Waals surface area contributed by atoms with E-state index in [2.05, 4.69) is 5.32 Å². The summed E-state index contributed by atoms with van der Waals surface area (Å²) in [5.74, 6) is 1.53. The number of carbonyl (C=O) groups is 1. The van der Waals surface area contributed by atoms with Crippen molar-refractivity contribution in [1.29, 1.82) is 0 Å². The molecule has 0 fully saturated rings. The van der Waals surface area contributed by atoms with Crippen LogP contribution in [0, 0.1) is 0 Å². The lowest BCUT2D eigenvalue weighted by Crippen LogP contribution is -2.41. The molecular formula is C21H24ClNO3. The first-order valence-electron chi connectivity index (χ1n) is 8.90. The lowest BCUT2D eigenvalue weighted by atomic mass is 9.93. The van der Waals surface area contributed by atoms with Crippen LogP contribution < -0.4 is 14.8 Å². The summed E-state index contributed by atoms with van der Waals surface area (Å²) in [4.78, 5) is 12.4. The van der Waals surface area contributed by atoms with Gasteiger partial charge < -0.3 is 14.8 Å². The molecule has 0 atom stereocenters. The second-order valence-electron chi connectivity index (χ2n) is 7.01. The van der Waals surface area contributed by atoms with E-state index in [0.717, 1.165) is 34.9 Å². The van der Waals surface area contributed by atoms with Crippen LogP contribution in [0.25, 0.3) is 0 Å². The maximum Gasteiger partial charge on any atom is 0.220 e. The third kappa shape index (κ3) is 4.70. The first kappa shape index (κ1) is 18.6. The first-order chi connectivity index (χ1) is 12.4. The number of rotatable bonds is 6. The van der Waals surface area contributed by atoms with Crippen LogP contribution >= 0.6 is 11.6 Å². The van der Waals surface area contributed by atoms with Gasteiger partial charge in [-0.25, -0.2) is 0 Å². The van der Waals surface area contributed by atoms with Crippen molar-refractivity contribution in [2.75, 3.05) is 13.2 Å². The SMILES string of the molecule is CC(C)(NC(=O)CCCc1ccc(Cl)cc1)c1ccc2c(c1)OCCO2. The number of carbonyl (C=O) groups excluding carboxylic acids is 1. The van der Waals surface area contributed by atoms with Crippen LogP contribution in [-0.2, 0) is 16.8 Å². The molecule has 0 aliphatic carbocycles. The van der Waals surface area contributed by atoms with E-state index in [4.69, 9.17) is 21.1 Å². The Bertz CT molecular complexity index is 771. The van der Waals surface area contributed by atoms with Crippen LogP contribution in [0.4, 0.5) is 0 Å². The van der Waals surface area contributed by atoms with E-state index >= 15 is 0 Å². The van der Waals surface area contributed by atoms with Gasteiger partial charge in [0.1, 0.15) is 13.2 Å². The Morgan fingerprint density at radius 2 is 1.77 bits per heavy atom. The number of nitrogens with one attached hydrogen (secondary N) is 1. The summed E-state index contributed by atoms with van der Waals surface area (Å²) in [6.45, 7) is 5.11. The van der Waals surface area contributed by atoms with Gasteiger partial charge in [-0.2, -0.15) is 0 Å². The highest BCUT2D eigenvalue weighted by molar-refractivity contribution is 6.30. The maximum absolute atomic E-state index is 12.4. The number of amides is 1. The molecule has 2 aromatic rings. The third-order valence-corrected chi connectivity index (χ3v) is 4.75. The molecule has 1 amide bonds. The van der Waals surface area contributed by atoms with Gasteiger partial charge in [0.2, 0.25) is 5.91 Å². The van der Waals surface area contributed by atoms with Crippen molar-refractivity contribution in [3.8, 4) is 11.5 Å². The molecule has 0 saturated carbocycles. The average Bonchev–Trinajstić information content (AvgIpc) is 2.62. The molecule has 0 aromatic heterocycles. The highest BCUT2D eigenvalue weighted by Gasteiger charge is 2.25. The van der Waals surface area contributed by atoms with Crippen molar-refractivity contribution in [2.24, 2.45) is 0 Å². The second-order valence-corrected chi connectivity index (χ2v) is 7.45. The van der Waals surface area contributed by atoms with Crippen LogP contribution in [0.5, 0.6) is 11.5 Å². The zero-order valence-corrected chi connectivity index (χ0v) is 15.9. The number of aryl methyl sites for hydroxylation is 1. The molecule has 0 spiro atoms. The molecule has 5 heteroatoms. The summed E-state index contributed by atoms with van der Waals surface area (Å²) in [6, 6.07) is 13.6. The van der Waals surface area contributed by atoms with E-state index < -0.39 is 5.54 Å². The first-order valence-corrected chi connectivity index (χ1v) is 9.27. The van der Waals surface area contributed by atoms with Crippen LogP contribution in [0.3, 0.4) is 0 Å². The van der Waals surface area contributed by atoms with Crippen molar-refractivity contribution >= 4 is 17.5 Å². The van der Waals surface area contributed by atoms with Gasteiger partial charge in [0.15, 0.2) is 11.5 Å². The highest BCUT2D eigenvalue weighted by atomic mass is 35.5. The zero-order valence-electron chi connectivity index (χ0n) is 15.2. The number of ether oxygens (including phenoxy) is 2. The van der Waals surface area contributed by atoms with Crippen molar-refractivity contribution < 1.29 is 14.3 Å². The predicted octanol–water partition coefficient (Wildman–Crippen LogP) is 4.49. The number of halogens is 1. The molecular weight excluding hydrogens is 350 g/mol. The summed E-state index contributed by atoms with van der Waals surface area (Å²) in [5.41, 5.74) is 1.70. The quantitative estimate of drug-likeness (QED) is 0.811. The molecule has 0 radical (unpaired) electrons. The van der Waals surface area contributed by atoms with E-state index in [-0.39, 0.29) is 5.91 Å².